The van der Waals surface area contributed by atoms with Gasteiger partial charge in [0.2, 0.25) is 5.95 Å². The number of pyridine rings is 1. The van der Waals surface area contributed by atoms with Gasteiger partial charge in [-0.1, -0.05) is 12.2 Å². The summed E-state index contributed by atoms with van der Waals surface area (Å²) in [5.74, 6) is -0.439. The van der Waals surface area contributed by atoms with Crippen molar-refractivity contribution < 1.29 is 4.39 Å². The maximum absolute atomic E-state index is 12.8. The fraction of sp³-hybridized carbons (Fsp3) is 0.222. The summed E-state index contributed by atoms with van der Waals surface area (Å²) >= 11 is 0. The fourth-order valence-electron chi connectivity index (χ4n) is 0.829. The lowest BCUT2D eigenvalue weighted by molar-refractivity contribution is 0.581. The maximum atomic E-state index is 12.8. The lowest BCUT2D eigenvalue weighted by Gasteiger charge is -1.93. The molecule has 1 aromatic rings. The fourth-order valence-corrected chi connectivity index (χ4v) is 0.829. The van der Waals surface area contributed by atoms with Crippen molar-refractivity contribution in [2.24, 2.45) is 5.73 Å². The molecule has 0 aliphatic heterocycles. The number of halogens is 1. The van der Waals surface area contributed by atoms with Crippen LogP contribution in [0, 0.1) is 5.95 Å². The van der Waals surface area contributed by atoms with E-state index < -0.39 is 5.95 Å². The summed E-state index contributed by atoms with van der Waals surface area (Å²) in [7, 11) is 0. The second-order valence-electron chi connectivity index (χ2n) is 2.36. The Balaban J connectivity index is 2.68. The van der Waals surface area contributed by atoms with Crippen LogP contribution in [0.1, 0.15) is 12.0 Å². The van der Waals surface area contributed by atoms with E-state index in [-0.39, 0.29) is 0 Å². The monoisotopic (exact) mass is 166 g/mol. The van der Waals surface area contributed by atoms with E-state index in [4.69, 9.17) is 5.73 Å². The first-order chi connectivity index (χ1) is 5.84. The summed E-state index contributed by atoms with van der Waals surface area (Å²) in [6.07, 6.45) is 5.71. The third kappa shape index (κ3) is 2.43. The number of aromatic nitrogens is 1. The molecule has 64 valence electrons. The van der Waals surface area contributed by atoms with Gasteiger partial charge in [0.25, 0.3) is 0 Å². The highest BCUT2D eigenvalue weighted by atomic mass is 19.1. The predicted molar refractivity (Wildman–Crippen MR) is 46.9 cm³/mol. The molecule has 2 nitrogen and oxygen atoms in total. The van der Waals surface area contributed by atoms with E-state index in [2.05, 4.69) is 4.98 Å². The van der Waals surface area contributed by atoms with E-state index in [1.807, 2.05) is 6.08 Å². The Morgan fingerprint density at radius 1 is 1.58 bits per heavy atom. The van der Waals surface area contributed by atoms with Crippen molar-refractivity contribution >= 4 is 6.08 Å². The Morgan fingerprint density at radius 2 is 2.42 bits per heavy atom. The molecule has 0 amide bonds. The van der Waals surface area contributed by atoms with Crippen LogP contribution in [0.3, 0.4) is 0 Å². The van der Waals surface area contributed by atoms with Gasteiger partial charge in [0, 0.05) is 11.8 Å². The molecule has 0 atom stereocenters. The van der Waals surface area contributed by atoms with E-state index in [9.17, 15) is 4.39 Å². The molecule has 12 heavy (non-hydrogen) atoms. The van der Waals surface area contributed by atoms with Gasteiger partial charge in [0.05, 0.1) is 0 Å². The molecule has 0 saturated carbocycles. The molecule has 1 heterocycles. The molecule has 0 unspecified atom stereocenters. The molecule has 0 spiro atoms. The lowest BCUT2D eigenvalue weighted by Crippen LogP contribution is -1.95. The lowest BCUT2D eigenvalue weighted by atomic mass is 10.2. The summed E-state index contributed by atoms with van der Waals surface area (Å²) in [5.41, 5.74) is 5.78. The van der Waals surface area contributed by atoms with Crippen LogP contribution in [0.25, 0.3) is 6.08 Å². The minimum absolute atomic E-state index is 0.439. The van der Waals surface area contributed by atoms with Gasteiger partial charge in [-0.2, -0.15) is 4.39 Å². The first-order valence-corrected chi connectivity index (χ1v) is 3.81. The predicted octanol–water partition coefficient (Wildman–Crippen LogP) is 1.58. The van der Waals surface area contributed by atoms with E-state index in [0.717, 1.165) is 6.42 Å². The second kappa shape index (κ2) is 4.62. The maximum Gasteiger partial charge on any atom is 0.220 e. The Kier molecular flexibility index (Phi) is 3.41. The third-order valence-electron chi connectivity index (χ3n) is 1.42. The SMILES string of the molecule is NCCC=Cc1cccnc1F. The Labute approximate surface area is 70.9 Å². The normalized spacial score (nSPS) is 10.8. The van der Waals surface area contributed by atoms with E-state index in [0.29, 0.717) is 12.1 Å². The highest BCUT2D eigenvalue weighted by Crippen LogP contribution is 2.05. The van der Waals surface area contributed by atoms with Crippen molar-refractivity contribution in [3.8, 4) is 0 Å². The van der Waals surface area contributed by atoms with Crippen LogP contribution in [0.5, 0.6) is 0 Å². The topological polar surface area (TPSA) is 38.9 Å². The van der Waals surface area contributed by atoms with Gasteiger partial charge >= 0.3 is 0 Å². The van der Waals surface area contributed by atoms with Gasteiger partial charge in [0.1, 0.15) is 0 Å². The number of hydrogen-bond donors (Lipinski definition) is 1. The zero-order valence-corrected chi connectivity index (χ0v) is 6.70. The second-order valence-corrected chi connectivity index (χ2v) is 2.36. The van der Waals surface area contributed by atoms with Crippen LogP contribution in [0.2, 0.25) is 0 Å². The van der Waals surface area contributed by atoms with Crippen molar-refractivity contribution in [2.75, 3.05) is 6.54 Å². The average molecular weight is 166 g/mol. The van der Waals surface area contributed by atoms with Gasteiger partial charge in [-0.15, -0.1) is 0 Å². The molecule has 2 N–H and O–H groups in total. The molecule has 0 radical (unpaired) electrons. The molecule has 0 saturated heterocycles. The van der Waals surface area contributed by atoms with Crippen molar-refractivity contribution in [1.29, 1.82) is 0 Å². The summed E-state index contributed by atoms with van der Waals surface area (Å²) in [4.78, 5) is 3.51. The smallest absolute Gasteiger partial charge is 0.220 e. The largest absolute Gasteiger partial charge is 0.330 e. The van der Waals surface area contributed by atoms with E-state index in [1.165, 1.54) is 6.20 Å². The van der Waals surface area contributed by atoms with Gasteiger partial charge < -0.3 is 5.73 Å². The Morgan fingerprint density at radius 3 is 3.08 bits per heavy atom. The minimum atomic E-state index is -0.439. The van der Waals surface area contributed by atoms with E-state index in [1.54, 1.807) is 18.2 Å². The van der Waals surface area contributed by atoms with Gasteiger partial charge in [0.15, 0.2) is 0 Å². The number of rotatable bonds is 3. The zero-order chi connectivity index (χ0) is 8.81. The van der Waals surface area contributed by atoms with Crippen molar-refractivity contribution in [3.63, 3.8) is 0 Å². The van der Waals surface area contributed by atoms with Gasteiger partial charge in [-0.25, -0.2) is 4.98 Å². The Bertz CT molecular complexity index is 271. The number of nitrogens with two attached hydrogens (primary N) is 1. The highest BCUT2D eigenvalue weighted by molar-refractivity contribution is 5.47. The number of nitrogens with zero attached hydrogens (tertiary/aromatic N) is 1. The summed E-state index contributed by atoms with van der Waals surface area (Å²) in [6, 6.07) is 3.38. The first-order valence-electron chi connectivity index (χ1n) is 3.81. The highest BCUT2D eigenvalue weighted by Gasteiger charge is 1.95. The van der Waals surface area contributed by atoms with Crippen molar-refractivity contribution in [3.05, 3.63) is 35.9 Å². The molecular formula is C9H11FN2. The van der Waals surface area contributed by atoms with Crippen LogP contribution in [0.15, 0.2) is 24.4 Å². The summed E-state index contributed by atoms with van der Waals surface area (Å²) in [5, 5.41) is 0. The Hall–Kier alpha value is -1.22. The molecule has 0 bridgehead atoms. The minimum Gasteiger partial charge on any atom is -0.330 e. The molecule has 0 fully saturated rings. The van der Waals surface area contributed by atoms with Crippen LogP contribution in [0.4, 0.5) is 4.39 Å². The van der Waals surface area contributed by atoms with E-state index >= 15 is 0 Å². The molecule has 3 heteroatoms. The molecule has 1 aromatic heterocycles. The van der Waals surface area contributed by atoms with Gasteiger partial charge in [-0.05, 0) is 25.1 Å². The summed E-state index contributed by atoms with van der Waals surface area (Å²) < 4.78 is 12.8. The summed E-state index contributed by atoms with van der Waals surface area (Å²) in [6.45, 7) is 0.582. The number of hydrogen-bond acceptors (Lipinski definition) is 2. The van der Waals surface area contributed by atoms with Crippen molar-refractivity contribution in [1.82, 2.24) is 4.98 Å². The van der Waals surface area contributed by atoms with Gasteiger partial charge in [-0.3, -0.25) is 0 Å². The van der Waals surface area contributed by atoms with Crippen LogP contribution in [-0.4, -0.2) is 11.5 Å². The van der Waals surface area contributed by atoms with Crippen molar-refractivity contribution in [2.45, 2.75) is 6.42 Å². The quantitative estimate of drug-likeness (QED) is 0.692. The molecule has 1 rings (SSSR count). The molecule has 0 aromatic carbocycles. The molecule has 0 aliphatic carbocycles. The zero-order valence-electron chi connectivity index (χ0n) is 6.70. The van der Waals surface area contributed by atoms with Crippen LogP contribution < -0.4 is 5.73 Å². The third-order valence-corrected chi connectivity index (χ3v) is 1.42. The van der Waals surface area contributed by atoms with Crippen LogP contribution >= 0.6 is 0 Å². The molecular weight excluding hydrogens is 155 g/mol. The molecule has 0 aliphatic rings. The average Bonchev–Trinajstić information content (AvgIpc) is 2.09. The first kappa shape index (κ1) is 8.87. The standard InChI is InChI=1S/C9H11FN2/c10-9-8(4-1-2-6-11)5-3-7-12-9/h1,3-5,7H,2,6,11H2. The van der Waals surface area contributed by atoms with Crippen LogP contribution in [-0.2, 0) is 0 Å².